The van der Waals surface area contributed by atoms with Gasteiger partial charge in [-0.25, -0.2) is 0 Å². The van der Waals surface area contributed by atoms with Gasteiger partial charge in [0.15, 0.2) is 0 Å². The molecule has 1 N–H and O–H groups in total. The van der Waals surface area contributed by atoms with E-state index in [1.807, 2.05) is 0 Å². The van der Waals surface area contributed by atoms with E-state index in [1.54, 1.807) is 0 Å². The molecule has 0 saturated carbocycles. The van der Waals surface area contributed by atoms with Crippen molar-refractivity contribution in [3.8, 4) is 0 Å². The molecule has 3 fully saturated rings. The van der Waals surface area contributed by atoms with Gasteiger partial charge in [0.2, 0.25) is 5.91 Å². The Morgan fingerprint density at radius 2 is 1.79 bits per heavy atom. The van der Waals surface area contributed by atoms with E-state index in [0.29, 0.717) is 23.4 Å². The van der Waals surface area contributed by atoms with Crippen molar-refractivity contribution in [2.75, 3.05) is 13.1 Å². The van der Waals surface area contributed by atoms with Crippen molar-refractivity contribution in [1.82, 2.24) is 10.2 Å². The molecule has 1 amide bonds. The van der Waals surface area contributed by atoms with Gasteiger partial charge >= 0.3 is 0 Å². The van der Waals surface area contributed by atoms with Gasteiger partial charge in [-0.2, -0.15) is 0 Å². The molecule has 3 aliphatic rings. The summed E-state index contributed by atoms with van der Waals surface area (Å²) in [5.74, 6) is 1.49. The second kappa shape index (κ2) is 4.76. The average Bonchev–Trinajstić information content (AvgIpc) is 2.99. The van der Waals surface area contributed by atoms with Crippen molar-refractivity contribution in [2.24, 2.45) is 17.3 Å². The highest BCUT2D eigenvalue weighted by molar-refractivity contribution is 5.80. The minimum atomic E-state index is 0.282. The van der Waals surface area contributed by atoms with Gasteiger partial charge in [0.05, 0.1) is 5.92 Å². The Labute approximate surface area is 117 Å². The van der Waals surface area contributed by atoms with Crippen molar-refractivity contribution in [3.05, 3.63) is 0 Å². The number of hydrogen-bond acceptors (Lipinski definition) is 2. The number of rotatable bonds is 1. The zero-order chi connectivity index (χ0) is 13.6. The van der Waals surface area contributed by atoms with Crippen LogP contribution in [0.15, 0.2) is 0 Å². The first-order chi connectivity index (χ1) is 8.95. The van der Waals surface area contributed by atoms with Gasteiger partial charge in [-0.15, -0.1) is 0 Å². The highest BCUT2D eigenvalue weighted by Crippen LogP contribution is 2.37. The summed E-state index contributed by atoms with van der Waals surface area (Å²) >= 11 is 0. The number of hydrogen-bond donors (Lipinski definition) is 1. The largest absolute Gasteiger partial charge is 0.342 e. The van der Waals surface area contributed by atoms with Crippen molar-refractivity contribution in [2.45, 2.75) is 65.0 Å². The summed E-state index contributed by atoms with van der Waals surface area (Å²) in [7, 11) is 0. The summed E-state index contributed by atoms with van der Waals surface area (Å²) in [6.45, 7) is 8.95. The number of carbonyl (C=O) groups is 1. The number of likely N-dealkylation sites (tertiary alicyclic amines) is 1. The minimum absolute atomic E-state index is 0.282. The van der Waals surface area contributed by atoms with E-state index in [4.69, 9.17) is 0 Å². The topological polar surface area (TPSA) is 32.3 Å². The van der Waals surface area contributed by atoms with E-state index >= 15 is 0 Å². The van der Waals surface area contributed by atoms with E-state index in [2.05, 4.69) is 31.0 Å². The molecule has 3 heteroatoms. The molecule has 3 saturated heterocycles. The van der Waals surface area contributed by atoms with Crippen LogP contribution in [0.25, 0.3) is 0 Å². The lowest BCUT2D eigenvalue weighted by atomic mass is 9.75. The van der Waals surface area contributed by atoms with E-state index in [1.165, 1.54) is 25.7 Å². The maximum absolute atomic E-state index is 12.6. The zero-order valence-electron chi connectivity index (χ0n) is 12.6. The molecule has 19 heavy (non-hydrogen) atoms. The van der Waals surface area contributed by atoms with Crippen molar-refractivity contribution in [3.63, 3.8) is 0 Å². The lowest BCUT2D eigenvalue weighted by Crippen LogP contribution is -2.46. The summed E-state index contributed by atoms with van der Waals surface area (Å²) in [6.07, 6.45) is 5.94. The Morgan fingerprint density at radius 1 is 1.11 bits per heavy atom. The molecule has 0 aromatic carbocycles. The molecule has 108 valence electrons. The van der Waals surface area contributed by atoms with Gasteiger partial charge in [-0.1, -0.05) is 20.8 Å². The Hall–Kier alpha value is -0.570. The predicted octanol–water partition coefficient (Wildman–Crippen LogP) is 2.41. The normalized spacial score (nSPS) is 35.9. The van der Waals surface area contributed by atoms with Crippen LogP contribution in [0.3, 0.4) is 0 Å². The lowest BCUT2D eigenvalue weighted by molar-refractivity contribution is -0.138. The Bertz CT molecular complexity index is 352. The summed E-state index contributed by atoms with van der Waals surface area (Å²) in [5.41, 5.74) is 0.392. The summed E-state index contributed by atoms with van der Waals surface area (Å²) in [6, 6.07) is 1.11. The molecule has 3 unspecified atom stereocenters. The van der Waals surface area contributed by atoms with Crippen LogP contribution in [-0.4, -0.2) is 36.0 Å². The van der Waals surface area contributed by atoms with Crippen molar-refractivity contribution in [1.29, 1.82) is 0 Å². The third-order valence-corrected chi connectivity index (χ3v) is 5.65. The molecule has 0 aromatic rings. The van der Waals surface area contributed by atoms with Crippen LogP contribution in [0.1, 0.15) is 52.9 Å². The zero-order valence-corrected chi connectivity index (χ0v) is 12.6. The molecule has 0 aliphatic carbocycles. The van der Waals surface area contributed by atoms with Crippen LogP contribution in [0.5, 0.6) is 0 Å². The van der Waals surface area contributed by atoms with Crippen LogP contribution in [0.4, 0.5) is 0 Å². The number of fused-ring (bicyclic) bond motifs is 2. The van der Waals surface area contributed by atoms with Crippen molar-refractivity contribution < 1.29 is 4.79 Å². The molecule has 0 radical (unpaired) electrons. The number of carbonyl (C=O) groups excluding carboxylic acids is 1. The molecule has 3 heterocycles. The average molecular weight is 264 g/mol. The van der Waals surface area contributed by atoms with E-state index in [9.17, 15) is 4.79 Å². The number of nitrogens with zero attached hydrogens (tertiary/aromatic N) is 1. The van der Waals surface area contributed by atoms with Gasteiger partial charge in [0, 0.05) is 25.2 Å². The molecular weight excluding hydrogens is 236 g/mol. The summed E-state index contributed by atoms with van der Waals surface area (Å²) < 4.78 is 0. The van der Waals surface area contributed by atoms with Gasteiger partial charge < -0.3 is 10.2 Å². The molecule has 0 spiro atoms. The maximum atomic E-state index is 12.6. The monoisotopic (exact) mass is 264 g/mol. The van der Waals surface area contributed by atoms with E-state index in [0.717, 1.165) is 25.4 Å². The van der Waals surface area contributed by atoms with Crippen molar-refractivity contribution >= 4 is 5.91 Å². The molecular formula is C16H28N2O. The van der Waals surface area contributed by atoms with Gasteiger partial charge in [0.25, 0.3) is 0 Å². The maximum Gasteiger partial charge on any atom is 0.227 e. The fourth-order valence-corrected chi connectivity index (χ4v) is 4.30. The fourth-order valence-electron chi connectivity index (χ4n) is 4.30. The first-order valence-electron chi connectivity index (χ1n) is 8.00. The predicted molar refractivity (Wildman–Crippen MR) is 76.8 cm³/mol. The molecule has 3 atom stereocenters. The third kappa shape index (κ3) is 2.54. The van der Waals surface area contributed by atoms with E-state index in [-0.39, 0.29) is 5.92 Å². The number of nitrogens with one attached hydrogen (secondary N) is 1. The SMILES string of the molecule is CC(C)(C)C1CCN(C(=O)C2CC3CCC2N3)CC1. The Balaban J connectivity index is 1.55. The van der Waals surface area contributed by atoms with Crippen LogP contribution >= 0.6 is 0 Å². The molecule has 0 aromatic heterocycles. The lowest BCUT2D eigenvalue weighted by Gasteiger charge is -2.40. The number of piperidine rings is 1. The van der Waals surface area contributed by atoms with Gasteiger partial charge in [0.1, 0.15) is 0 Å². The summed E-state index contributed by atoms with van der Waals surface area (Å²) in [4.78, 5) is 14.8. The van der Waals surface area contributed by atoms with Crippen LogP contribution in [0.2, 0.25) is 0 Å². The Kier molecular flexibility index (Phi) is 3.36. The first-order valence-corrected chi connectivity index (χ1v) is 8.00. The smallest absolute Gasteiger partial charge is 0.227 e. The molecule has 3 nitrogen and oxygen atoms in total. The highest BCUT2D eigenvalue weighted by atomic mass is 16.2. The summed E-state index contributed by atoms with van der Waals surface area (Å²) in [5, 5.41) is 3.58. The highest BCUT2D eigenvalue weighted by Gasteiger charge is 2.44. The minimum Gasteiger partial charge on any atom is -0.342 e. The standard InChI is InChI=1S/C16H28N2O/c1-16(2,3)11-6-8-18(9-7-11)15(19)13-10-12-4-5-14(13)17-12/h11-14,17H,4-10H2,1-3H3. The van der Waals surface area contributed by atoms with Crippen LogP contribution < -0.4 is 5.32 Å². The molecule has 3 rings (SSSR count). The fraction of sp³-hybridized carbons (Fsp3) is 0.938. The molecule has 2 bridgehead atoms. The second-order valence-corrected chi connectivity index (χ2v) is 7.86. The second-order valence-electron chi connectivity index (χ2n) is 7.86. The molecule has 3 aliphatic heterocycles. The van der Waals surface area contributed by atoms with Crippen LogP contribution in [0, 0.1) is 17.3 Å². The van der Waals surface area contributed by atoms with Crippen LogP contribution in [-0.2, 0) is 4.79 Å². The quantitative estimate of drug-likeness (QED) is 0.789. The third-order valence-electron chi connectivity index (χ3n) is 5.65. The van der Waals surface area contributed by atoms with Gasteiger partial charge in [-0.05, 0) is 43.4 Å². The van der Waals surface area contributed by atoms with E-state index < -0.39 is 0 Å². The Morgan fingerprint density at radius 3 is 2.26 bits per heavy atom. The van der Waals surface area contributed by atoms with Gasteiger partial charge in [-0.3, -0.25) is 4.79 Å². The first kappa shape index (κ1) is 13.4. The number of amides is 1.